The SMILES string of the molecule is O=C(c1ccc(N2CCOCC2)cc1)N1CC[C@H](Oc2cccnn2)C1. The first kappa shape index (κ1) is 16.8. The molecule has 1 atom stereocenters. The predicted octanol–water partition coefficient (Wildman–Crippen LogP) is 1.61. The Morgan fingerprint density at radius 1 is 1.12 bits per heavy atom. The van der Waals surface area contributed by atoms with Gasteiger partial charge in [0.15, 0.2) is 0 Å². The zero-order valence-electron chi connectivity index (χ0n) is 14.6. The van der Waals surface area contributed by atoms with Crippen LogP contribution in [-0.4, -0.2) is 66.5 Å². The Balaban J connectivity index is 1.35. The van der Waals surface area contributed by atoms with Crippen molar-refractivity contribution in [3.63, 3.8) is 0 Å². The fourth-order valence-electron chi connectivity index (χ4n) is 3.35. The highest BCUT2D eigenvalue weighted by molar-refractivity contribution is 5.94. The van der Waals surface area contributed by atoms with Crippen LogP contribution in [0, 0.1) is 0 Å². The molecule has 3 heterocycles. The minimum absolute atomic E-state index is 0.0386. The normalized spacial score (nSPS) is 20.2. The third-order valence-electron chi connectivity index (χ3n) is 4.76. The molecule has 1 amide bonds. The molecule has 0 radical (unpaired) electrons. The largest absolute Gasteiger partial charge is 0.471 e. The van der Waals surface area contributed by atoms with Gasteiger partial charge in [-0.15, -0.1) is 5.10 Å². The molecule has 2 fully saturated rings. The first-order valence-electron chi connectivity index (χ1n) is 8.96. The van der Waals surface area contributed by atoms with Crippen LogP contribution < -0.4 is 9.64 Å². The Morgan fingerprint density at radius 3 is 2.65 bits per heavy atom. The van der Waals surface area contributed by atoms with Gasteiger partial charge in [0.05, 0.1) is 19.8 Å². The van der Waals surface area contributed by atoms with Gasteiger partial charge in [0, 0.05) is 49.6 Å². The molecule has 7 nitrogen and oxygen atoms in total. The number of amides is 1. The number of morpholine rings is 1. The van der Waals surface area contributed by atoms with E-state index >= 15 is 0 Å². The number of anilines is 1. The number of rotatable bonds is 4. The summed E-state index contributed by atoms with van der Waals surface area (Å²) in [5, 5.41) is 7.74. The second-order valence-corrected chi connectivity index (χ2v) is 6.49. The van der Waals surface area contributed by atoms with E-state index in [4.69, 9.17) is 9.47 Å². The average Bonchev–Trinajstić information content (AvgIpc) is 3.17. The molecule has 0 unspecified atom stereocenters. The molecule has 2 aromatic rings. The van der Waals surface area contributed by atoms with Crippen LogP contribution in [0.5, 0.6) is 5.88 Å². The first-order valence-corrected chi connectivity index (χ1v) is 8.96. The molecule has 0 spiro atoms. The Labute approximate surface area is 152 Å². The van der Waals surface area contributed by atoms with Gasteiger partial charge >= 0.3 is 0 Å². The maximum Gasteiger partial charge on any atom is 0.253 e. The van der Waals surface area contributed by atoms with Gasteiger partial charge in [-0.1, -0.05) is 0 Å². The van der Waals surface area contributed by atoms with E-state index in [1.54, 1.807) is 18.3 Å². The van der Waals surface area contributed by atoms with Crippen LogP contribution >= 0.6 is 0 Å². The lowest BCUT2D eigenvalue weighted by Gasteiger charge is -2.29. The maximum atomic E-state index is 12.7. The second-order valence-electron chi connectivity index (χ2n) is 6.49. The zero-order valence-corrected chi connectivity index (χ0v) is 14.6. The molecule has 1 aromatic heterocycles. The summed E-state index contributed by atoms with van der Waals surface area (Å²) < 4.78 is 11.2. The van der Waals surface area contributed by atoms with Crippen molar-refractivity contribution in [1.82, 2.24) is 15.1 Å². The van der Waals surface area contributed by atoms with Gasteiger partial charge in [-0.3, -0.25) is 4.79 Å². The Hall–Kier alpha value is -2.67. The van der Waals surface area contributed by atoms with E-state index in [2.05, 4.69) is 15.1 Å². The molecule has 7 heteroatoms. The predicted molar refractivity (Wildman–Crippen MR) is 96.4 cm³/mol. The number of ether oxygens (including phenoxy) is 2. The van der Waals surface area contributed by atoms with E-state index in [0.29, 0.717) is 24.5 Å². The fourth-order valence-corrected chi connectivity index (χ4v) is 3.35. The summed E-state index contributed by atoms with van der Waals surface area (Å²) in [4.78, 5) is 16.9. The van der Waals surface area contributed by atoms with Crippen LogP contribution in [-0.2, 0) is 4.74 Å². The topological polar surface area (TPSA) is 67.8 Å². The number of hydrogen-bond donors (Lipinski definition) is 0. The fraction of sp³-hybridized carbons (Fsp3) is 0.421. The molecule has 0 N–H and O–H groups in total. The monoisotopic (exact) mass is 354 g/mol. The van der Waals surface area contributed by atoms with Gasteiger partial charge in [-0.25, -0.2) is 0 Å². The van der Waals surface area contributed by atoms with Crippen molar-refractivity contribution in [2.75, 3.05) is 44.3 Å². The van der Waals surface area contributed by atoms with Crippen molar-refractivity contribution in [2.24, 2.45) is 0 Å². The van der Waals surface area contributed by atoms with E-state index < -0.39 is 0 Å². The van der Waals surface area contributed by atoms with Crippen LogP contribution in [0.2, 0.25) is 0 Å². The second kappa shape index (κ2) is 7.70. The molecule has 0 bridgehead atoms. The van der Waals surface area contributed by atoms with E-state index in [1.807, 2.05) is 29.2 Å². The molecule has 2 saturated heterocycles. The van der Waals surface area contributed by atoms with Gasteiger partial charge < -0.3 is 19.3 Å². The summed E-state index contributed by atoms with van der Waals surface area (Å²) in [7, 11) is 0. The van der Waals surface area contributed by atoms with E-state index in [1.165, 1.54) is 0 Å². The molecule has 2 aliphatic rings. The highest BCUT2D eigenvalue weighted by Gasteiger charge is 2.28. The highest BCUT2D eigenvalue weighted by Crippen LogP contribution is 2.21. The number of nitrogens with zero attached hydrogens (tertiary/aromatic N) is 4. The van der Waals surface area contributed by atoms with Crippen LogP contribution in [0.15, 0.2) is 42.6 Å². The summed E-state index contributed by atoms with van der Waals surface area (Å²) >= 11 is 0. The number of carbonyl (C=O) groups is 1. The van der Waals surface area contributed by atoms with Crippen molar-refractivity contribution in [3.05, 3.63) is 48.2 Å². The highest BCUT2D eigenvalue weighted by atomic mass is 16.5. The molecule has 136 valence electrons. The van der Waals surface area contributed by atoms with E-state index in [9.17, 15) is 4.79 Å². The summed E-state index contributed by atoms with van der Waals surface area (Å²) in [6.45, 7) is 4.54. The number of benzene rings is 1. The molecule has 0 aliphatic carbocycles. The Morgan fingerprint density at radius 2 is 1.92 bits per heavy atom. The van der Waals surface area contributed by atoms with Crippen molar-refractivity contribution >= 4 is 11.6 Å². The molecule has 26 heavy (non-hydrogen) atoms. The quantitative estimate of drug-likeness (QED) is 0.831. The van der Waals surface area contributed by atoms with E-state index in [0.717, 1.165) is 38.4 Å². The van der Waals surface area contributed by atoms with Crippen LogP contribution in [0.4, 0.5) is 5.69 Å². The molecule has 2 aliphatic heterocycles. The molecule has 0 saturated carbocycles. The smallest absolute Gasteiger partial charge is 0.253 e. The van der Waals surface area contributed by atoms with Gasteiger partial charge in [-0.2, -0.15) is 5.10 Å². The third kappa shape index (κ3) is 3.77. The lowest BCUT2D eigenvalue weighted by molar-refractivity contribution is 0.0771. The van der Waals surface area contributed by atoms with Gasteiger partial charge in [-0.05, 0) is 30.3 Å². The summed E-state index contributed by atoms with van der Waals surface area (Å²) in [5.74, 6) is 0.547. The average molecular weight is 354 g/mol. The van der Waals surface area contributed by atoms with Crippen molar-refractivity contribution < 1.29 is 14.3 Å². The van der Waals surface area contributed by atoms with Crippen molar-refractivity contribution in [1.29, 1.82) is 0 Å². The van der Waals surface area contributed by atoms with Crippen LogP contribution in [0.25, 0.3) is 0 Å². The Kier molecular flexibility index (Phi) is 4.97. The number of hydrogen-bond acceptors (Lipinski definition) is 6. The minimum Gasteiger partial charge on any atom is -0.471 e. The van der Waals surface area contributed by atoms with Crippen LogP contribution in [0.3, 0.4) is 0 Å². The lowest BCUT2D eigenvalue weighted by Crippen LogP contribution is -2.36. The zero-order chi connectivity index (χ0) is 17.8. The van der Waals surface area contributed by atoms with Gasteiger partial charge in [0.2, 0.25) is 5.88 Å². The van der Waals surface area contributed by atoms with Gasteiger partial charge in [0.1, 0.15) is 6.10 Å². The lowest BCUT2D eigenvalue weighted by atomic mass is 10.1. The molecular weight excluding hydrogens is 332 g/mol. The molecule has 4 rings (SSSR count). The number of likely N-dealkylation sites (tertiary alicyclic amines) is 1. The Bertz CT molecular complexity index is 732. The van der Waals surface area contributed by atoms with Crippen LogP contribution in [0.1, 0.15) is 16.8 Å². The minimum atomic E-state index is -0.0386. The van der Waals surface area contributed by atoms with E-state index in [-0.39, 0.29) is 12.0 Å². The summed E-state index contributed by atoms with van der Waals surface area (Å²) in [5.41, 5.74) is 1.84. The maximum absolute atomic E-state index is 12.7. The standard InChI is InChI=1S/C19H22N4O3/c24-19(15-3-5-16(6-4-15)22-10-12-25-13-11-22)23-9-7-17(14-23)26-18-2-1-8-20-21-18/h1-6,8,17H,7,9-14H2/t17-/m0/s1. The number of carbonyl (C=O) groups excluding carboxylic acids is 1. The molecule has 1 aromatic carbocycles. The summed E-state index contributed by atoms with van der Waals surface area (Å²) in [6.07, 6.45) is 2.37. The molecular formula is C19H22N4O3. The third-order valence-corrected chi connectivity index (χ3v) is 4.76. The van der Waals surface area contributed by atoms with Gasteiger partial charge in [0.25, 0.3) is 5.91 Å². The summed E-state index contributed by atoms with van der Waals surface area (Å²) in [6, 6.07) is 11.4. The first-order chi connectivity index (χ1) is 12.8. The van der Waals surface area contributed by atoms with Crippen molar-refractivity contribution in [2.45, 2.75) is 12.5 Å². The van der Waals surface area contributed by atoms with Crippen molar-refractivity contribution in [3.8, 4) is 5.88 Å². The number of aromatic nitrogens is 2.